The summed E-state index contributed by atoms with van der Waals surface area (Å²) in [4.78, 5) is 27.1. The summed E-state index contributed by atoms with van der Waals surface area (Å²) in [5.74, 6) is -1.08. The van der Waals surface area contributed by atoms with Gasteiger partial charge in [0.2, 0.25) is 0 Å². The predicted molar refractivity (Wildman–Crippen MR) is 78.1 cm³/mol. The Morgan fingerprint density at radius 2 is 1.62 bits per heavy atom. The van der Waals surface area contributed by atoms with E-state index in [2.05, 4.69) is 4.98 Å². The molecule has 110 valence electrons. The van der Waals surface area contributed by atoms with E-state index < -0.39 is 11.9 Å². The zero-order chi connectivity index (χ0) is 15.2. The number of carbonyl (C=O) groups is 2. The van der Waals surface area contributed by atoms with E-state index in [9.17, 15) is 9.59 Å². The maximum atomic E-state index is 12.2. The summed E-state index contributed by atoms with van der Waals surface area (Å²) in [5, 5.41) is 0. The topological polar surface area (TPSA) is 68.4 Å². The standard InChI is InChI=1S/C16H17NO4/c1-3-20-15(18)12-10-17-14(11-8-6-5-7-9-11)13(12)16(19)21-4-2/h5-10,17H,3-4H2,1-2H3. The van der Waals surface area contributed by atoms with Gasteiger partial charge in [-0.3, -0.25) is 0 Å². The van der Waals surface area contributed by atoms with Crippen molar-refractivity contribution in [1.82, 2.24) is 4.98 Å². The fourth-order valence-electron chi connectivity index (χ4n) is 2.04. The molecule has 0 bridgehead atoms. The lowest BCUT2D eigenvalue weighted by Gasteiger charge is -2.07. The van der Waals surface area contributed by atoms with Gasteiger partial charge in [0.1, 0.15) is 0 Å². The van der Waals surface area contributed by atoms with Crippen LogP contribution in [0.4, 0.5) is 0 Å². The fraction of sp³-hybridized carbons (Fsp3) is 0.250. The van der Waals surface area contributed by atoms with Crippen LogP contribution < -0.4 is 0 Å². The Morgan fingerprint density at radius 3 is 2.24 bits per heavy atom. The number of hydrogen-bond donors (Lipinski definition) is 1. The van der Waals surface area contributed by atoms with Crippen molar-refractivity contribution in [2.45, 2.75) is 13.8 Å². The van der Waals surface area contributed by atoms with E-state index in [1.165, 1.54) is 6.20 Å². The van der Waals surface area contributed by atoms with Crippen molar-refractivity contribution in [3.63, 3.8) is 0 Å². The molecule has 5 heteroatoms. The summed E-state index contributed by atoms with van der Waals surface area (Å²) in [6.07, 6.45) is 1.48. The Labute approximate surface area is 122 Å². The molecule has 0 fully saturated rings. The van der Waals surface area contributed by atoms with Crippen molar-refractivity contribution >= 4 is 11.9 Å². The summed E-state index contributed by atoms with van der Waals surface area (Å²) in [7, 11) is 0. The Kier molecular flexibility index (Phi) is 4.77. The van der Waals surface area contributed by atoms with Crippen LogP contribution in [-0.4, -0.2) is 30.1 Å². The van der Waals surface area contributed by atoms with Crippen LogP contribution >= 0.6 is 0 Å². The van der Waals surface area contributed by atoms with Gasteiger partial charge in [0.15, 0.2) is 0 Å². The number of hydrogen-bond acceptors (Lipinski definition) is 4. The summed E-state index contributed by atoms with van der Waals surface area (Å²) in [6, 6.07) is 9.29. The highest BCUT2D eigenvalue weighted by Gasteiger charge is 2.25. The van der Waals surface area contributed by atoms with Crippen molar-refractivity contribution in [3.05, 3.63) is 47.7 Å². The first-order valence-corrected chi connectivity index (χ1v) is 6.80. The van der Waals surface area contributed by atoms with Crippen LogP contribution in [0.15, 0.2) is 36.5 Å². The molecular formula is C16H17NO4. The maximum Gasteiger partial charge on any atom is 0.341 e. The van der Waals surface area contributed by atoms with Crippen LogP contribution in [0.3, 0.4) is 0 Å². The van der Waals surface area contributed by atoms with Crippen molar-refractivity contribution < 1.29 is 19.1 Å². The third kappa shape index (κ3) is 3.13. The number of aromatic amines is 1. The van der Waals surface area contributed by atoms with Gasteiger partial charge >= 0.3 is 11.9 Å². The SMILES string of the molecule is CCOC(=O)c1c[nH]c(-c2ccccc2)c1C(=O)OCC. The van der Waals surface area contributed by atoms with E-state index in [0.29, 0.717) is 5.69 Å². The molecule has 0 unspecified atom stereocenters. The maximum absolute atomic E-state index is 12.2. The van der Waals surface area contributed by atoms with Crippen molar-refractivity contribution in [1.29, 1.82) is 0 Å². The van der Waals surface area contributed by atoms with E-state index in [4.69, 9.17) is 9.47 Å². The molecule has 0 aliphatic rings. The minimum atomic E-state index is -0.543. The van der Waals surface area contributed by atoms with Crippen LogP contribution in [0.2, 0.25) is 0 Å². The first kappa shape index (κ1) is 14.8. The molecule has 0 atom stereocenters. The second kappa shape index (κ2) is 6.74. The normalized spacial score (nSPS) is 10.2. The molecule has 1 aromatic heterocycles. The molecule has 0 aliphatic heterocycles. The minimum absolute atomic E-state index is 0.189. The average molecular weight is 287 g/mol. The van der Waals surface area contributed by atoms with Crippen LogP contribution in [0, 0.1) is 0 Å². The summed E-state index contributed by atoms with van der Waals surface area (Å²) < 4.78 is 10.0. The molecule has 0 aliphatic carbocycles. The first-order chi connectivity index (χ1) is 10.2. The lowest BCUT2D eigenvalue weighted by molar-refractivity contribution is 0.0481. The van der Waals surface area contributed by atoms with E-state index >= 15 is 0 Å². The number of esters is 2. The Hall–Kier alpha value is -2.56. The van der Waals surface area contributed by atoms with E-state index in [1.54, 1.807) is 13.8 Å². The molecule has 2 rings (SSSR count). The van der Waals surface area contributed by atoms with Gasteiger partial charge in [-0.25, -0.2) is 9.59 Å². The zero-order valence-electron chi connectivity index (χ0n) is 12.0. The van der Waals surface area contributed by atoms with E-state index in [0.717, 1.165) is 5.56 Å². The molecule has 1 heterocycles. The van der Waals surface area contributed by atoms with E-state index in [1.807, 2.05) is 30.3 Å². The van der Waals surface area contributed by atoms with Gasteiger partial charge in [-0.15, -0.1) is 0 Å². The van der Waals surface area contributed by atoms with Crippen LogP contribution in [0.25, 0.3) is 11.3 Å². The van der Waals surface area contributed by atoms with Gasteiger partial charge in [-0.2, -0.15) is 0 Å². The highest BCUT2D eigenvalue weighted by molar-refractivity contribution is 6.07. The molecule has 1 N–H and O–H groups in total. The summed E-state index contributed by atoms with van der Waals surface area (Å²) in [5.41, 5.74) is 1.75. The number of benzene rings is 1. The molecule has 0 amide bonds. The zero-order valence-corrected chi connectivity index (χ0v) is 12.0. The second-order valence-corrected chi connectivity index (χ2v) is 4.26. The van der Waals surface area contributed by atoms with E-state index in [-0.39, 0.29) is 24.3 Å². The molecular weight excluding hydrogens is 270 g/mol. The Morgan fingerprint density at radius 1 is 1.00 bits per heavy atom. The third-order valence-electron chi connectivity index (χ3n) is 2.92. The Bertz CT molecular complexity index is 631. The molecule has 2 aromatic rings. The molecule has 1 aromatic carbocycles. The van der Waals surface area contributed by atoms with Gasteiger partial charge in [0.25, 0.3) is 0 Å². The highest BCUT2D eigenvalue weighted by atomic mass is 16.5. The van der Waals surface area contributed by atoms with Crippen LogP contribution in [-0.2, 0) is 9.47 Å². The summed E-state index contributed by atoms with van der Waals surface area (Å²) >= 11 is 0. The largest absolute Gasteiger partial charge is 0.462 e. The minimum Gasteiger partial charge on any atom is -0.462 e. The summed E-state index contributed by atoms with van der Waals surface area (Å²) in [6.45, 7) is 3.91. The molecule has 0 saturated heterocycles. The van der Waals surface area contributed by atoms with Gasteiger partial charge in [-0.05, 0) is 19.4 Å². The first-order valence-electron chi connectivity index (χ1n) is 6.80. The monoisotopic (exact) mass is 287 g/mol. The molecule has 21 heavy (non-hydrogen) atoms. The number of ether oxygens (including phenoxy) is 2. The number of aromatic nitrogens is 1. The fourth-order valence-corrected chi connectivity index (χ4v) is 2.04. The molecule has 0 saturated carbocycles. The average Bonchev–Trinajstić information content (AvgIpc) is 2.93. The smallest absolute Gasteiger partial charge is 0.341 e. The van der Waals surface area contributed by atoms with Crippen molar-refractivity contribution in [2.24, 2.45) is 0 Å². The number of rotatable bonds is 5. The highest BCUT2D eigenvalue weighted by Crippen LogP contribution is 2.26. The van der Waals surface area contributed by atoms with Gasteiger partial charge in [-0.1, -0.05) is 30.3 Å². The molecule has 5 nitrogen and oxygen atoms in total. The van der Waals surface area contributed by atoms with Crippen LogP contribution in [0.1, 0.15) is 34.6 Å². The quantitative estimate of drug-likeness (QED) is 0.858. The van der Waals surface area contributed by atoms with Crippen LogP contribution in [0.5, 0.6) is 0 Å². The van der Waals surface area contributed by atoms with Gasteiger partial charge < -0.3 is 14.5 Å². The Balaban J connectivity index is 2.51. The molecule has 0 radical (unpaired) electrons. The number of H-pyrrole nitrogens is 1. The second-order valence-electron chi connectivity index (χ2n) is 4.26. The number of carbonyl (C=O) groups excluding carboxylic acids is 2. The van der Waals surface area contributed by atoms with Gasteiger partial charge in [0, 0.05) is 6.20 Å². The number of nitrogens with one attached hydrogen (secondary N) is 1. The third-order valence-corrected chi connectivity index (χ3v) is 2.92. The lowest BCUT2D eigenvalue weighted by atomic mass is 10.0. The molecule has 0 spiro atoms. The van der Waals surface area contributed by atoms with Crippen molar-refractivity contribution in [3.8, 4) is 11.3 Å². The lowest BCUT2D eigenvalue weighted by Crippen LogP contribution is -2.12. The van der Waals surface area contributed by atoms with Gasteiger partial charge in [0.05, 0.1) is 30.0 Å². The predicted octanol–water partition coefficient (Wildman–Crippen LogP) is 3.04. The van der Waals surface area contributed by atoms with Crippen molar-refractivity contribution in [2.75, 3.05) is 13.2 Å².